The van der Waals surface area contributed by atoms with Crippen molar-refractivity contribution >= 4 is 23.5 Å². The highest BCUT2D eigenvalue weighted by Crippen LogP contribution is 2.64. The highest BCUT2D eigenvalue weighted by Gasteiger charge is 2.64. The first-order chi connectivity index (χ1) is 13.4. The number of benzene rings is 1. The van der Waals surface area contributed by atoms with E-state index in [2.05, 4.69) is 10.6 Å². The van der Waals surface area contributed by atoms with Gasteiger partial charge in [-0.1, -0.05) is 18.6 Å². The molecule has 3 fully saturated rings. The van der Waals surface area contributed by atoms with E-state index in [0.717, 1.165) is 37.7 Å². The van der Waals surface area contributed by atoms with Gasteiger partial charge in [0.05, 0.1) is 0 Å². The van der Waals surface area contributed by atoms with E-state index in [1.54, 1.807) is 18.2 Å². The summed E-state index contributed by atoms with van der Waals surface area (Å²) in [6, 6.07) is 7.20. The molecular weight excluding hydrogens is 360 g/mol. The molecule has 0 aromatic heterocycles. The Morgan fingerprint density at radius 2 is 1.96 bits per heavy atom. The molecule has 0 bridgehead atoms. The summed E-state index contributed by atoms with van der Waals surface area (Å²) in [5, 5.41) is 15.3. The van der Waals surface area contributed by atoms with Gasteiger partial charge in [0.25, 0.3) is 5.91 Å². The highest BCUT2D eigenvalue weighted by atomic mass is 16.5. The normalized spacial score (nSPS) is 24.1. The van der Waals surface area contributed by atoms with Crippen LogP contribution in [0.4, 0.5) is 5.69 Å². The first kappa shape index (κ1) is 18.9. The van der Waals surface area contributed by atoms with Crippen molar-refractivity contribution in [2.24, 2.45) is 10.8 Å². The van der Waals surface area contributed by atoms with E-state index in [-0.39, 0.29) is 17.9 Å². The fourth-order valence-electron chi connectivity index (χ4n) is 4.79. The topological polar surface area (TPSA) is 105 Å². The molecule has 7 nitrogen and oxygen atoms in total. The number of anilines is 1. The predicted octanol–water partition coefficient (Wildman–Crippen LogP) is 2.46. The zero-order chi connectivity index (χ0) is 19.8. The molecule has 0 radical (unpaired) electrons. The standard InChI is InChI=1S/C21H26N2O5/c24-17(16-6-2-9-28-16)23-15-5-1-4-14(10-15)11-22-18(25)21(19(26)27)12-20(13-21)7-3-8-20/h1,4-5,10,16H,2-3,6-9,11-13H2,(H,22,25)(H,23,24)(H,26,27). The first-order valence-electron chi connectivity index (χ1n) is 9.96. The summed E-state index contributed by atoms with van der Waals surface area (Å²) in [6.45, 7) is 0.835. The second-order valence-corrected chi connectivity index (χ2v) is 8.47. The van der Waals surface area contributed by atoms with Crippen LogP contribution < -0.4 is 10.6 Å². The Kier molecular flexibility index (Phi) is 4.87. The maximum Gasteiger partial charge on any atom is 0.319 e. The van der Waals surface area contributed by atoms with Gasteiger partial charge in [-0.2, -0.15) is 0 Å². The molecule has 2 aliphatic carbocycles. The highest BCUT2D eigenvalue weighted by molar-refractivity contribution is 6.03. The molecule has 150 valence electrons. The molecular formula is C21H26N2O5. The average molecular weight is 386 g/mol. The van der Waals surface area contributed by atoms with E-state index < -0.39 is 23.4 Å². The third-order valence-corrected chi connectivity index (χ3v) is 6.48. The van der Waals surface area contributed by atoms with Crippen molar-refractivity contribution in [2.75, 3.05) is 11.9 Å². The molecule has 3 N–H and O–H groups in total. The largest absolute Gasteiger partial charge is 0.480 e. The zero-order valence-electron chi connectivity index (χ0n) is 15.8. The molecule has 2 amide bonds. The van der Waals surface area contributed by atoms with Crippen LogP contribution in [0.15, 0.2) is 24.3 Å². The summed E-state index contributed by atoms with van der Waals surface area (Å²) in [5.74, 6) is -1.60. The summed E-state index contributed by atoms with van der Waals surface area (Å²) in [4.78, 5) is 36.6. The second kappa shape index (κ2) is 7.20. The molecule has 1 spiro atoms. The van der Waals surface area contributed by atoms with E-state index in [0.29, 0.717) is 25.1 Å². The van der Waals surface area contributed by atoms with Gasteiger partial charge in [-0.3, -0.25) is 14.4 Å². The number of aliphatic carboxylic acids is 1. The number of nitrogens with one attached hydrogen (secondary N) is 2. The lowest BCUT2D eigenvalue weighted by Crippen LogP contribution is -2.61. The lowest BCUT2D eigenvalue weighted by molar-refractivity contribution is -0.181. The number of carboxylic acid groups (broad SMARTS) is 1. The van der Waals surface area contributed by atoms with Gasteiger partial charge in [-0.25, -0.2) is 0 Å². The Morgan fingerprint density at radius 1 is 1.18 bits per heavy atom. The van der Waals surface area contributed by atoms with Crippen LogP contribution >= 0.6 is 0 Å². The van der Waals surface area contributed by atoms with Crippen molar-refractivity contribution < 1.29 is 24.2 Å². The lowest BCUT2D eigenvalue weighted by Gasteiger charge is -2.58. The van der Waals surface area contributed by atoms with E-state index in [9.17, 15) is 19.5 Å². The van der Waals surface area contributed by atoms with Gasteiger partial charge in [0.1, 0.15) is 11.5 Å². The molecule has 1 atom stereocenters. The minimum Gasteiger partial charge on any atom is -0.480 e. The number of ether oxygens (including phenoxy) is 1. The van der Waals surface area contributed by atoms with Crippen molar-refractivity contribution in [1.29, 1.82) is 0 Å². The predicted molar refractivity (Wildman–Crippen MR) is 101 cm³/mol. The Labute approximate surface area is 163 Å². The monoisotopic (exact) mass is 386 g/mol. The number of rotatable bonds is 6. The van der Waals surface area contributed by atoms with Gasteiger partial charge in [0.15, 0.2) is 0 Å². The van der Waals surface area contributed by atoms with E-state index in [4.69, 9.17) is 4.74 Å². The minimum atomic E-state index is -1.29. The number of carbonyl (C=O) groups is 3. The number of carboxylic acids is 1. The average Bonchev–Trinajstić information content (AvgIpc) is 3.13. The molecule has 3 aliphatic rings. The second-order valence-electron chi connectivity index (χ2n) is 8.47. The van der Waals surface area contributed by atoms with Crippen molar-refractivity contribution in [3.05, 3.63) is 29.8 Å². The van der Waals surface area contributed by atoms with Gasteiger partial charge >= 0.3 is 5.97 Å². The summed E-state index contributed by atoms with van der Waals surface area (Å²) in [5.41, 5.74) is 0.239. The molecule has 1 aromatic rings. The maximum atomic E-state index is 12.6. The van der Waals surface area contributed by atoms with E-state index in [1.807, 2.05) is 6.07 Å². The summed E-state index contributed by atoms with van der Waals surface area (Å²) in [7, 11) is 0. The van der Waals surface area contributed by atoms with Crippen LogP contribution in [-0.4, -0.2) is 35.6 Å². The lowest BCUT2D eigenvalue weighted by atomic mass is 9.45. The van der Waals surface area contributed by atoms with E-state index in [1.165, 1.54) is 0 Å². The van der Waals surface area contributed by atoms with E-state index >= 15 is 0 Å². The van der Waals surface area contributed by atoms with Crippen molar-refractivity contribution in [3.63, 3.8) is 0 Å². The summed E-state index contributed by atoms with van der Waals surface area (Å²) < 4.78 is 5.38. The minimum absolute atomic E-state index is 0.0856. The summed E-state index contributed by atoms with van der Waals surface area (Å²) in [6.07, 6.45) is 5.27. The van der Waals surface area contributed by atoms with Crippen molar-refractivity contribution in [2.45, 2.75) is 57.6 Å². The van der Waals surface area contributed by atoms with Crippen molar-refractivity contribution in [3.8, 4) is 0 Å². The first-order valence-corrected chi connectivity index (χ1v) is 9.96. The SMILES string of the molecule is O=C(Nc1cccc(CNC(=O)C2(C(=O)O)CC3(CCC3)C2)c1)C1CCCO1. The van der Waals surface area contributed by atoms with Gasteiger partial charge in [-0.05, 0) is 61.6 Å². The third kappa shape index (κ3) is 3.39. The molecule has 1 unspecified atom stereocenters. The molecule has 1 aliphatic heterocycles. The van der Waals surface area contributed by atoms with Gasteiger partial charge in [0.2, 0.25) is 5.91 Å². The fraction of sp³-hybridized carbons (Fsp3) is 0.571. The molecule has 28 heavy (non-hydrogen) atoms. The molecule has 1 heterocycles. The van der Waals surface area contributed by atoms with Crippen LogP contribution in [0.2, 0.25) is 0 Å². The Morgan fingerprint density at radius 3 is 2.57 bits per heavy atom. The Hall–Kier alpha value is -2.41. The molecule has 2 saturated carbocycles. The quantitative estimate of drug-likeness (QED) is 0.652. The smallest absolute Gasteiger partial charge is 0.319 e. The van der Waals surface area contributed by atoms with Crippen LogP contribution in [0.25, 0.3) is 0 Å². The van der Waals surface area contributed by atoms with Gasteiger partial charge in [-0.15, -0.1) is 0 Å². The third-order valence-electron chi connectivity index (χ3n) is 6.48. The number of carbonyl (C=O) groups excluding carboxylic acids is 2. The fourth-order valence-corrected chi connectivity index (χ4v) is 4.79. The van der Waals surface area contributed by atoms with Crippen molar-refractivity contribution in [1.82, 2.24) is 5.32 Å². The van der Waals surface area contributed by atoms with Crippen LogP contribution in [0.3, 0.4) is 0 Å². The van der Waals surface area contributed by atoms with Gasteiger partial charge in [0, 0.05) is 18.8 Å². The summed E-state index contributed by atoms with van der Waals surface area (Å²) >= 11 is 0. The zero-order valence-corrected chi connectivity index (χ0v) is 15.8. The van der Waals surface area contributed by atoms with Crippen LogP contribution in [0, 0.1) is 10.8 Å². The number of amides is 2. The molecule has 1 aromatic carbocycles. The molecule has 1 saturated heterocycles. The molecule has 7 heteroatoms. The molecule has 4 rings (SSSR count). The number of hydrogen-bond donors (Lipinski definition) is 3. The van der Waals surface area contributed by atoms with Crippen LogP contribution in [0.1, 0.15) is 50.5 Å². The Balaban J connectivity index is 1.34. The van der Waals surface area contributed by atoms with Gasteiger partial charge < -0.3 is 20.5 Å². The Bertz CT molecular complexity index is 788. The van der Waals surface area contributed by atoms with Crippen LogP contribution in [0.5, 0.6) is 0 Å². The van der Waals surface area contributed by atoms with Crippen LogP contribution in [-0.2, 0) is 25.7 Å². The maximum absolute atomic E-state index is 12.6. The number of hydrogen-bond acceptors (Lipinski definition) is 4.